The monoisotopic (exact) mass is 497 g/mol. The maximum atomic E-state index is 13.4. The third-order valence-corrected chi connectivity index (χ3v) is 6.51. The zero-order valence-corrected chi connectivity index (χ0v) is 19.3. The molecule has 3 aromatic carbocycles. The normalized spacial score (nSPS) is 15.3. The van der Waals surface area contributed by atoms with Crippen molar-refractivity contribution in [1.82, 2.24) is 5.32 Å². The number of fused-ring (bicyclic) bond motifs is 1. The number of amides is 1. The van der Waals surface area contributed by atoms with Gasteiger partial charge in [-0.1, -0.05) is 24.3 Å². The van der Waals surface area contributed by atoms with Crippen molar-refractivity contribution in [2.45, 2.75) is 31.0 Å². The van der Waals surface area contributed by atoms with Gasteiger partial charge in [-0.25, -0.2) is 0 Å². The molecule has 0 unspecified atom stereocenters. The highest BCUT2D eigenvalue weighted by Crippen LogP contribution is 2.51. The van der Waals surface area contributed by atoms with E-state index in [0.29, 0.717) is 35.5 Å². The second kappa shape index (κ2) is 8.89. The first-order chi connectivity index (χ1) is 17.2. The van der Waals surface area contributed by atoms with E-state index in [1.54, 1.807) is 24.3 Å². The minimum absolute atomic E-state index is 0.0306. The van der Waals surface area contributed by atoms with E-state index in [1.807, 2.05) is 12.1 Å². The second-order valence-electron chi connectivity index (χ2n) is 8.79. The lowest BCUT2D eigenvalue weighted by molar-refractivity contribution is -0.274. The van der Waals surface area contributed by atoms with E-state index in [2.05, 4.69) is 10.1 Å². The molecule has 0 saturated heterocycles. The first-order valence-corrected chi connectivity index (χ1v) is 11.3. The number of hydrogen-bond acceptors (Lipinski definition) is 5. The highest BCUT2D eigenvalue weighted by atomic mass is 19.4. The molecule has 0 radical (unpaired) electrons. The van der Waals surface area contributed by atoms with Gasteiger partial charge in [-0.15, -0.1) is 13.2 Å². The van der Waals surface area contributed by atoms with E-state index in [0.717, 1.165) is 5.56 Å². The molecule has 3 aromatic rings. The van der Waals surface area contributed by atoms with Gasteiger partial charge in [0.15, 0.2) is 11.5 Å². The van der Waals surface area contributed by atoms with Gasteiger partial charge in [0, 0.05) is 24.6 Å². The first-order valence-electron chi connectivity index (χ1n) is 11.3. The molecule has 1 amide bonds. The molecule has 0 spiro atoms. The Balaban J connectivity index is 1.46. The van der Waals surface area contributed by atoms with Crippen LogP contribution < -0.4 is 19.5 Å². The van der Waals surface area contributed by atoms with Gasteiger partial charge in [0.05, 0.1) is 5.41 Å². The Labute approximate surface area is 205 Å². The number of carbonyl (C=O) groups is 2. The predicted molar refractivity (Wildman–Crippen MR) is 124 cm³/mol. The van der Waals surface area contributed by atoms with Crippen molar-refractivity contribution < 1.29 is 37.0 Å². The Bertz CT molecular complexity index is 1350. The van der Waals surface area contributed by atoms with Gasteiger partial charge in [-0.3, -0.25) is 9.59 Å². The summed E-state index contributed by atoms with van der Waals surface area (Å²) in [6.07, 6.45) is -3.51. The molecule has 0 aromatic heterocycles. The lowest BCUT2D eigenvalue weighted by Crippen LogP contribution is -2.22. The van der Waals surface area contributed by atoms with Crippen LogP contribution in [0, 0.1) is 0 Å². The van der Waals surface area contributed by atoms with Gasteiger partial charge in [0.2, 0.25) is 6.79 Å². The maximum Gasteiger partial charge on any atom is 0.573 e. The zero-order chi connectivity index (χ0) is 25.5. The van der Waals surface area contributed by atoms with Crippen LogP contribution in [0.4, 0.5) is 13.2 Å². The van der Waals surface area contributed by atoms with E-state index < -0.39 is 17.5 Å². The van der Waals surface area contributed by atoms with E-state index in [1.165, 1.54) is 31.3 Å². The summed E-state index contributed by atoms with van der Waals surface area (Å²) in [6.45, 7) is 0.135. The van der Waals surface area contributed by atoms with Crippen LogP contribution in [0.2, 0.25) is 0 Å². The fraction of sp³-hybridized carbons (Fsp3) is 0.259. The Morgan fingerprint density at radius 1 is 1.00 bits per heavy atom. The van der Waals surface area contributed by atoms with Crippen molar-refractivity contribution >= 4 is 11.7 Å². The van der Waals surface area contributed by atoms with Crippen LogP contribution in [0.1, 0.15) is 34.3 Å². The van der Waals surface area contributed by atoms with Crippen LogP contribution in [-0.2, 0) is 16.6 Å². The number of halogens is 3. The van der Waals surface area contributed by atoms with Gasteiger partial charge < -0.3 is 19.5 Å². The fourth-order valence-corrected chi connectivity index (χ4v) is 4.50. The maximum absolute atomic E-state index is 13.4. The number of benzene rings is 3. The summed E-state index contributed by atoms with van der Waals surface area (Å²) < 4.78 is 54.3. The summed E-state index contributed by atoms with van der Waals surface area (Å²) in [4.78, 5) is 25.5. The highest BCUT2D eigenvalue weighted by molar-refractivity contribution is 5.96. The number of Topliss-reactive ketones (excluding diaryl/α,β-unsaturated/α-hetero) is 1. The topological polar surface area (TPSA) is 73.9 Å². The largest absolute Gasteiger partial charge is 0.573 e. The second-order valence-corrected chi connectivity index (χ2v) is 8.79. The molecular formula is C27H22F3NO5. The van der Waals surface area contributed by atoms with Crippen molar-refractivity contribution in [1.29, 1.82) is 0 Å². The summed E-state index contributed by atoms with van der Waals surface area (Å²) in [5, 5.41) is 2.49. The lowest BCUT2D eigenvalue weighted by Gasteiger charge is -2.17. The molecule has 186 valence electrons. The molecular weight excluding hydrogens is 475 g/mol. The number of carbonyl (C=O) groups excluding carboxylic acids is 2. The molecule has 1 aliphatic heterocycles. The van der Waals surface area contributed by atoms with Crippen molar-refractivity contribution in [2.75, 3.05) is 13.8 Å². The minimum atomic E-state index is -4.90. The van der Waals surface area contributed by atoms with Crippen LogP contribution >= 0.6 is 0 Å². The van der Waals surface area contributed by atoms with Gasteiger partial charge in [-0.05, 0) is 65.9 Å². The number of alkyl halides is 3. The Morgan fingerprint density at radius 2 is 1.78 bits per heavy atom. The highest BCUT2D eigenvalue weighted by Gasteiger charge is 2.50. The van der Waals surface area contributed by atoms with Crippen LogP contribution in [-0.4, -0.2) is 31.9 Å². The van der Waals surface area contributed by atoms with Gasteiger partial charge in [0.25, 0.3) is 5.91 Å². The van der Waals surface area contributed by atoms with Crippen molar-refractivity contribution in [3.63, 3.8) is 0 Å². The van der Waals surface area contributed by atoms with E-state index in [4.69, 9.17) is 9.47 Å². The Morgan fingerprint density at radius 3 is 2.50 bits per heavy atom. The van der Waals surface area contributed by atoms with Crippen LogP contribution in [0.5, 0.6) is 17.2 Å². The Kier molecular flexibility index (Phi) is 5.86. The SMILES string of the molecule is CNC(=O)c1cccc(-c2cc(CC(=O)C3(c4ccc5c(c4)OCO5)CC3)ccc2OC(F)(F)F)c1. The number of rotatable bonds is 7. The predicted octanol–water partition coefficient (Wildman–Crippen LogP) is 5.18. The fourth-order valence-electron chi connectivity index (χ4n) is 4.50. The van der Waals surface area contributed by atoms with Crippen molar-refractivity contribution in [3.05, 3.63) is 77.4 Å². The van der Waals surface area contributed by atoms with E-state index in [-0.39, 0.29) is 36.0 Å². The van der Waals surface area contributed by atoms with Crippen molar-refractivity contribution in [2.24, 2.45) is 0 Å². The first kappa shape index (κ1) is 23.7. The molecule has 9 heteroatoms. The Hall–Kier alpha value is -4.01. The third kappa shape index (κ3) is 4.60. The quantitative estimate of drug-likeness (QED) is 0.487. The molecule has 5 rings (SSSR count). The number of ether oxygens (including phenoxy) is 3. The minimum Gasteiger partial charge on any atom is -0.454 e. The molecule has 0 atom stereocenters. The summed E-state index contributed by atoms with van der Waals surface area (Å²) >= 11 is 0. The summed E-state index contributed by atoms with van der Waals surface area (Å²) in [5.74, 6) is 0.408. The molecule has 1 saturated carbocycles. The number of ketones is 1. The summed E-state index contributed by atoms with van der Waals surface area (Å²) in [7, 11) is 1.47. The van der Waals surface area contributed by atoms with Gasteiger partial charge in [-0.2, -0.15) is 0 Å². The molecule has 1 fully saturated rings. The van der Waals surface area contributed by atoms with E-state index >= 15 is 0 Å². The lowest BCUT2D eigenvalue weighted by atomic mass is 9.87. The molecule has 0 bridgehead atoms. The summed E-state index contributed by atoms with van der Waals surface area (Å²) in [6, 6.07) is 15.8. The zero-order valence-electron chi connectivity index (χ0n) is 19.3. The number of hydrogen-bond donors (Lipinski definition) is 1. The van der Waals surface area contributed by atoms with E-state index in [9.17, 15) is 22.8 Å². The average molecular weight is 497 g/mol. The molecule has 1 aliphatic carbocycles. The van der Waals surface area contributed by atoms with Gasteiger partial charge >= 0.3 is 6.36 Å². The standard InChI is InChI=1S/C27H22F3NO5/c1-31-25(33)18-4-2-3-17(13-18)20-11-16(5-7-21(20)36-27(28,29)30)12-24(32)26(9-10-26)19-6-8-22-23(14-19)35-15-34-22/h2-8,11,13-14H,9-10,12,15H2,1H3,(H,31,33). The molecule has 1 heterocycles. The van der Waals surface area contributed by atoms with Crippen LogP contribution in [0.3, 0.4) is 0 Å². The molecule has 2 aliphatic rings. The average Bonchev–Trinajstić information content (AvgIpc) is 3.54. The van der Waals surface area contributed by atoms with Gasteiger partial charge in [0.1, 0.15) is 11.5 Å². The number of nitrogens with one attached hydrogen (secondary N) is 1. The van der Waals surface area contributed by atoms with Crippen LogP contribution in [0.15, 0.2) is 60.7 Å². The summed E-state index contributed by atoms with van der Waals surface area (Å²) in [5.41, 5.74) is 1.52. The molecule has 1 N–H and O–H groups in total. The third-order valence-electron chi connectivity index (χ3n) is 6.51. The molecule has 6 nitrogen and oxygen atoms in total. The van der Waals surface area contributed by atoms with Crippen LogP contribution in [0.25, 0.3) is 11.1 Å². The smallest absolute Gasteiger partial charge is 0.454 e. The molecule has 36 heavy (non-hydrogen) atoms. The van der Waals surface area contributed by atoms with Crippen molar-refractivity contribution in [3.8, 4) is 28.4 Å².